The molecular weight excluding hydrogens is 409 g/mol. The molecule has 0 saturated carbocycles. The predicted octanol–water partition coefficient (Wildman–Crippen LogP) is 3.75. The molecule has 1 amide bonds. The van der Waals surface area contributed by atoms with E-state index in [-0.39, 0.29) is 29.7 Å². The number of aromatic nitrogens is 4. The van der Waals surface area contributed by atoms with Crippen molar-refractivity contribution in [2.24, 2.45) is 5.92 Å². The molecule has 2 aromatic heterocycles. The summed E-state index contributed by atoms with van der Waals surface area (Å²) in [6.07, 6.45) is 3.74. The SMILES string of the molecule is Cc1nc(NCc2cnn(C(C)c3ccc(F)cc3)c2)nc2c1NC(=O)C(C(C)C)N2C. The zero-order valence-corrected chi connectivity index (χ0v) is 18.9. The molecule has 0 fully saturated rings. The lowest BCUT2D eigenvalue weighted by atomic mass is 9.99. The number of carbonyl (C=O) groups is 1. The van der Waals surface area contributed by atoms with E-state index in [9.17, 15) is 9.18 Å². The Hall–Kier alpha value is -3.49. The minimum Gasteiger partial charge on any atom is -0.350 e. The van der Waals surface area contributed by atoms with E-state index >= 15 is 0 Å². The first kappa shape index (κ1) is 21.7. The summed E-state index contributed by atoms with van der Waals surface area (Å²) in [6.45, 7) is 8.41. The summed E-state index contributed by atoms with van der Waals surface area (Å²) >= 11 is 0. The lowest BCUT2D eigenvalue weighted by Gasteiger charge is -2.36. The molecule has 32 heavy (non-hydrogen) atoms. The van der Waals surface area contributed by atoms with Crippen LogP contribution in [0.5, 0.6) is 0 Å². The van der Waals surface area contributed by atoms with Crippen LogP contribution in [0.4, 0.5) is 21.8 Å². The maximum absolute atomic E-state index is 13.2. The molecule has 2 unspecified atom stereocenters. The fourth-order valence-electron chi connectivity index (χ4n) is 4.05. The van der Waals surface area contributed by atoms with Crippen molar-refractivity contribution in [3.8, 4) is 0 Å². The van der Waals surface area contributed by atoms with Crippen LogP contribution in [0.2, 0.25) is 0 Å². The van der Waals surface area contributed by atoms with Gasteiger partial charge >= 0.3 is 0 Å². The number of likely N-dealkylation sites (N-methyl/N-ethyl adjacent to an activating group) is 1. The first-order chi connectivity index (χ1) is 15.2. The molecular formula is C23H28FN7O. The van der Waals surface area contributed by atoms with Crippen LogP contribution in [0, 0.1) is 18.7 Å². The molecule has 2 N–H and O–H groups in total. The van der Waals surface area contributed by atoms with Gasteiger partial charge in [0.05, 0.1) is 17.9 Å². The van der Waals surface area contributed by atoms with Gasteiger partial charge in [-0.25, -0.2) is 9.37 Å². The summed E-state index contributed by atoms with van der Waals surface area (Å²) in [7, 11) is 1.89. The molecule has 1 aliphatic heterocycles. The predicted molar refractivity (Wildman–Crippen MR) is 122 cm³/mol. The first-order valence-electron chi connectivity index (χ1n) is 10.7. The zero-order chi connectivity index (χ0) is 23.0. The van der Waals surface area contributed by atoms with E-state index in [4.69, 9.17) is 0 Å². The van der Waals surface area contributed by atoms with Crippen LogP contribution in [0.25, 0.3) is 0 Å². The van der Waals surface area contributed by atoms with E-state index in [0.717, 1.165) is 11.1 Å². The molecule has 3 heterocycles. The van der Waals surface area contributed by atoms with Crippen molar-refractivity contribution in [2.75, 3.05) is 22.6 Å². The summed E-state index contributed by atoms with van der Waals surface area (Å²) < 4.78 is 15.0. The Morgan fingerprint density at radius 3 is 2.59 bits per heavy atom. The standard InChI is InChI=1S/C23H28FN7O/c1-13(2)20-22(32)28-19-14(3)27-23(29-21(19)30(20)5)25-10-16-11-26-31(12-16)15(4)17-6-8-18(24)9-7-17/h6-9,11-13,15,20H,10H2,1-5H3,(H,28,32)(H,25,27,29). The molecule has 0 spiro atoms. The minimum absolute atomic E-state index is 0.0168. The van der Waals surface area contributed by atoms with Gasteiger partial charge in [-0.3, -0.25) is 9.48 Å². The normalized spacial score (nSPS) is 16.7. The molecule has 0 bridgehead atoms. The third-order valence-corrected chi connectivity index (χ3v) is 5.83. The Morgan fingerprint density at radius 2 is 1.91 bits per heavy atom. The van der Waals surface area contributed by atoms with Gasteiger partial charge in [-0.1, -0.05) is 26.0 Å². The van der Waals surface area contributed by atoms with E-state index in [1.807, 2.05) is 50.5 Å². The van der Waals surface area contributed by atoms with Crippen LogP contribution in [0.15, 0.2) is 36.7 Å². The van der Waals surface area contributed by atoms with Gasteiger partial charge in [0.15, 0.2) is 5.82 Å². The number of amides is 1. The van der Waals surface area contributed by atoms with E-state index in [2.05, 4.69) is 25.7 Å². The van der Waals surface area contributed by atoms with Crippen LogP contribution >= 0.6 is 0 Å². The van der Waals surface area contributed by atoms with Gasteiger partial charge in [-0.05, 0) is 37.5 Å². The van der Waals surface area contributed by atoms with Gasteiger partial charge in [0.1, 0.15) is 17.5 Å². The Morgan fingerprint density at radius 1 is 1.19 bits per heavy atom. The highest BCUT2D eigenvalue weighted by atomic mass is 19.1. The number of halogens is 1. The van der Waals surface area contributed by atoms with Crippen molar-refractivity contribution >= 4 is 23.4 Å². The second kappa shape index (κ2) is 8.57. The van der Waals surface area contributed by atoms with Crippen molar-refractivity contribution in [3.05, 3.63) is 59.3 Å². The highest BCUT2D eigenvalue weighted by Crippen LogP contribution is 2.34. The molecule has 4 rings (SSSR count). The molecule has 0 saturated heterocycles. The number of nitrogens with one attached hydrogen (secondary N) is 2. The third-order valence-electron chi connectivity index (χ3n) is 5.83. The smallest absolute Gasteiger partial charge is 0.247 e. The molecule has 8 nitrogen and oxygen atoms in total. The average Bonchev–Trinajstić information content (AvgIpc) is 3.22. The van der Waals surface area contributed by atoms with Crippen LogP contribution in [-0.4, -0.2) is 38.7 Å². The number of aryl methyl sites for hydroxylation is 1. The molecule has 1 aliphatic rings. The lowest BCUT2D eigenvalue weighted by Crippen LogP contribution is -2.49. The molecule has 9 heteroatoms. The highest BCUT2D eigenvalue weighted by molar-refractivity contribution is 6.03. The van der Waals surface area contributed by atoms with Crippen molar-refractivity contribution in [3.63, 3.8) is 0 Å². The summed E-state index contributed by atoms with van der Waals surface area (Å²) in [5.41, 5.74) is 3.31. The fraction of sp³-hybridized carbons (Fsp3) is 0.391. The summed E-state index contributed by atoms with van der Waals surface area (Å²) in [5, 5.41) is 10.7. The molecule has 168 valence electrons. The number of carbonyl (C=O) groups excluding carboxylic acids is 1. The van der Waals surface area contributed by atoms with Gasteiger partial charge in [0.25, 0.3) is 0 Å². The topological polar surface area (TPSA) is 88.0 Å². The zero-order valence-electron chi connectivity index (χ0n) is 18.9. The molecule has 0 radical (unpaired) electrons. The second-order valence-corrected chi connectivity index (χ2v) is 8.53. The number of anilines is 3. The number of nitrogens with zero attached hydrogens (tertiary/aromatic N) is 5. The Kier molecular flexibility index (Phi) is 5.82. The summed E-state index contributed by atoms with van der Waals surface area (Å²) in [6, 6.07) is 6.15. The van der Waals surface area contributed by atoms with Crippen molar-refractivity contribution in [2.45, 2.75) is 46.3 Å². The largest absolute Gasteiger partial charge is 0.350 e. The molecule has 1 aromatic carbocycles. The second-order valence-electron chi connectivity index (χ2n) is 8.53. The van der Waals surface area contributed by atoms with Crippen LogP contribution < -0.4 is 15.5 Å². The first-order valence-corrected chi connectivity index (χ1v) is 10.7. The number of hydrogen-bond acceptors (Lipinski definition) is 6. The maximum Gasteiger partial charge on any atom is 0.247 e. The highest BCUT2D eigenvalue weighted by Gasteiger charge is 2.35. The Bertz CT molecular complexity index is 1130. The fourth-order valence-corrected chi connectivity index (χ4v) is 4.05. The number of hydrogen-bond donors (Lipinski definition) is 2. The Labute approximate surface area is 186 Å². The number of benzene rings is 1. The van der Waals surface area contributed by atoms with E-state index in [0.29, 0.717) is 29.7 Å². The van der Waals surface area contributed by atoms with Gasteiger partial charge in [0, 0.05) is 25.4 Å². The average molecular weight is 438 g/mol. The summed E-state index contributed by atoms with van der Waals surface area (Å²) in [4.78, 5) is 23.6. The number of rotatable bonds is 6. The lowest BCUT2D eigenvalue weighted by molar-refractivity contribution is -0.118. The quantitative estimate of drug-likeness (QED) is 0.611. The van der Waals surface area contributed by atoms with Gasteiger partial charge < -0.3 is 15.5 Å². The van der Waals surface area contributed by atoms with Gasteiger partial charge in [0.2, 0.25) is 11.9 Å². The van der Waals surface area contributed by atoms with Crippen LogP contribution in [0.3, 0.4) is 0 Å². The summed E-state index contributed by atoms with van der Waals surface area (Å²) in [5.74, 6) is 1.06. The van der Waals surface area contributed by atoms with Crippen molar-refractivity contribution in [1.82, 2.24) is 19.7 Å². The minimum atomic E-state index is -0.282. The van der Waals surface area contributed by atoms with Crippen LogP contribution in [0.1, 0.15) is 43.6 Å². The van der Waals surface area contributed by atoms with E-state index < -0.39 is 0 Å². The molecule has 0 aliphatic carbocycles. The van der Waals surface area contributed by atoms with Crippen molar-refractivity contribution < 1.29 is 9.18 Å². The van der Waals surface area contributed by atoms with E-state index in [1.165, 1.54) is 12.1 Å². The van der Waals surface area contributed by atoms with Crippen LogP contribution in [-0.2, 0) is 11.3 Å². The number of fused-ring (bicyclic) bond motifs is 1. The third kappa shape index (κ3) is 4.15. The van der Waals surface area contributed by atoms with Gasteiger partial charge in [-0.2, -0.15) is 10.1 Å². The van der Waals surface area contributed by atoms with Gasteiger partial charge in [-0.15, -0.1) is 0 Å². The maximum atomic E-state index is 13.2. The van der Waals surface area contributed by atoms with Crippen molar-refractivity contribution in [1.29, 1.82) is 0 Å². The Balaban J connectivity index is 1.49. The molecule has 3 aromatic rings. The molecule has 2 atom stereocenters. The van der Waals surface area contributed by atoms with E-state index in [1.54, 1.807) is 18.3 Å². The monoisotopic (exact) mass is 437 g/mol.